The molecule has 1 atom stereocenters. The third kappa shape index (κ3) is 5.94. The van der Waals surface area contributed by atoms with Crippen LogP contribution in [0.15, 0.2) is 35.6 Å². The van der Waals surface area contributed by atoms with E-state index in [2.05, 4.69) is 27.5 Å². The Morgan fingerprint density at radius 1 is 1.30 bits per heavy atom. The Labute approximate surface area is 158 Å². The SMILES string of the molecule is CCC(C)Oc1cc(C)ccc1CNC(=NC)NCc1nccn1C(F)F. The monoisotopic (exact) mass is 379 g/mol. The van der Waals surface area contributed by atoms with Crippen LogP contribution < -0.4 is 15.4 Å². The summed E-state index contributed by atoms with van der Waals surface area (Å²) < 4.78 is 32.6. The number of nitrogens with one attached hydrogen (secondary N) is 2. The highest BCUT2D eigenvalue weighted by molar-refractivity contribution is 5.79. The van der Waals surface area contributed by atoms with Gasteiger partial charge < -0.3 is 15.4 Å². The topological polar surface area (TPSA) is 63.5 Å². The van der Waals surface area contributed by atoms with Crippen LogP contribution in [0.1, 0.15) is 43.8 Å². The Balaban J connectivity index is 1.98. The Morgan fingerprint density at radius 3 is 2.70 bits per heavy atom. The van der Waals surface area contributed by atoms with Gasteiger partial charge in [0.1, 0.15) is 11.6 Å². The van der Waals surface area contributed by atoms with E-state index >= 15 is 0 Å². The third-order valence-electron chi connectivity index (χ3n) is 4.17. The minimum atomic E-state index is -2.62. The number of halogens is 2. The Morgan fingerprint density at radius 2 is 2.04 bits per heavy atom. The molecule has 2 N–H and O–H groups in total. The number of imidazole rings is 1. The Kier molecular flexibility index (Phi) is 7.57. The van der Waals surface area contributed by atoms with Crippen molar-refractivity contribution in [3.63, 3.8) is 0 Å². The van der Waals surface area contributed by atoms with Crippen LogP contribution in [0.2, 0.25) is 0 Å². The maximum atomic E-state index is 12.9. The summed E-state index contributed by atoms with van der Waals surface area (Å²) in [6, 6.07) is 6.05. The van der Waals surface area contributed by atoms with E-state index in [-0.39, 0.29) is 18.5 Å². The second-order valence-electron chi connectivity index (χ2n) is 6.26. The van der Waals surface area contributed by atoms with Gasteiger partial charge in [0.2, 0.25) is 0 Å². The molecular weight excluding hydrogens is 352 g/mol. The number of aliphatic imine (C=N–C) groups is 1. The minimum absolute atomic E-state index is 0.121. The van der Waals surface area contributed by atoms with Crippen LogP contribution in [0.4, 0.5) is 8.78 Å². The van der Waals surface area contributed by atoms with Crippen molar-refractivity contribution in [2.24, 2.45) is 4.99 Å². The highest BCUT2D eigenvalue weighted by Crippen LogP contribution is 2.22. The molecule has 8 heteroatoms. The van der Waals surface area contributed by atoms with Gasteiger partial charge in [-0.05, 0) is 31.9 Å². The van der Waals surface area contributed by atoms with Crippen LogP contribution >= 0.6 is 0 Å². The standard InChI is InChI=1S/C19H27F2N5O/c1-5-14(3)27-16-10-13(2)6-7-15(16)11-24-19(22-4)25-12-17-23-8-9-26(17)18(20)21/h6-10,14,18H,5,11-12H2,1-4H3,(H2,22,24,25). The van der Waals surface area contributed by atoms with Gasteiger partial charge in [-0.2, -0.15) is 8.78 Å². The van der Waals surface area contributed by atoms with E-state index in [0.29, 0.717) is 12.5 Å². The molecule has 6 nitrogen and oxygen atoms in total. The number of hydrogen-bond donors (Lipinski definition) is 2. The van der Waals surface area contributed by atoms with E-state index in [9.17, 15) is 8.78 Å². The van der Waals surface area contributed by atoms with Crippen molar-refractivity contribution in [3.05, 3.63) is 47.5 Å². The van der Waals surface area contributed by atoms with Crippen LogP contribution in [-0.2, 0) is 13.1 Å². The smallest absolute Gasteiger partial charge is 0.319 e. The molecule has 2 rings (SSSR count). The summed E-state index contributed by atoms with van der Waals surface area (Å²) in [6.07, 6.45) is 3.64. The second-order valence-corrected chi connectivity index (χ2v) is 6.26. The fourth-order valence-electron chi connectivity index (χ4n) is 2.44. The van der Waals surface area contributed by atoms with Gasteiger partial charge in [0.05, 0.1) is 12.6 Å². The number of alkyl halides is 2. The normalized spacial score (nSPS) is 12.9. The van der Waals surface area contributed by atoms with Gasteiger partial charge >= 0.3 is 6.55 Å². The lowest BCUT2D eigenvalue weighted by Gasteiger charge is -2.18. The van der Waals surface area contributed by atoms with Crippen LogP contribution in [0.3, 0.4) is 0 Å². The lowest BCUT2D eigenvalue weighted by atomic mass is 10.1. The van der Waals surface area contributed by atoms with E-state index in [4.69, 9.17) is 4.74 Å². The van der Waals surface area contributed by atoms with Gasteiger partial charge in [0.25, 0.3) is 0 Å². The van der Waals surface area contributed by atoms with Crippen molar-refractivity contribution in [1.29, 1.82) is 0 Å². The molecule has 0 bridgehead atoms. The molecule has 148 valence electrons. The van der Waals surface area contributed by atoms with E-state index < -0.39 is 6.55 Å². The van der Waals surface area contributed by atoms with Gasteiger partial charge in [-0.25, -0.2) is 4.98 Å². The minimum Gasteiger partial charge on any atom is -0.490 e. The first kappa shape index (κ1) is 20.7. The van der Waals surface area contributed by atoms with Crippen molar-refractivity contribution in [2.75, 3.05) is 7.05 Å². The molecule has 0 aliphatic heterocycles. The molecule has 0 amide bonds. The van der Waals surface area contributed by atoms with Crippen molar-refractivity contribution in [2.45, 2.75) is 52.9 Å². The van der Waals surface area contributed by atoms with Crippen LogP contribution in [0, 0.1) is 6.92 Å². The highest BCUT2D eigenvalue weighted by Gasteiger charge is 2.12. The average molecular weight is 379 g/mol. The average Bonchev–Trinajstić information content (AvgIpc) is 3.12. The quantitative estimate of drug-likeness (QED) is 0.543. The number of ether oxygens (including phenoxy) is 1. The Hall–Kier alpha value is -2.64. The van der Waals surface area contributed by atoms with Gasteiger partial charge in [-0.3, -0.25) is 9.56 Å². The molecule has 1 aromatic carbocycles. The maximum Gasteiger partial charge on any atom is 0.319 e. The number of benzene rings is 1. The summed E-state index contributed by atoms with van der Waals surface area (Å²) in [7, 11) is 1.63. The number of nitrogens with zero attached hydrogens (tertiary/aromatic N) is 3. The molecule has 0 fully saturated rings. The molecule has 2 aromatic rings. The van der Waals surface area contributed by atoms with E-state index in [1.807, 2.05) is 32.0 Å². The lowest BCUT2D eigenvalue weighted by molar-refractivity contribution is 0.0668. The second kappa shape index (κ2) is 9.89. The maximum absolute atomic E-state index is 12.9. The molecule has 1 aromatic heterocycles. The van der Waals surface area contributed by atoms with Gasteiger partial charge in [-0.1, -0.05) is 19.1 Å². The molecule has 0 saturated heterocycles. The zero-order valence-corrected chi connectivity index (χ0v) is 16.2. The van der Waals surface area contributed by atoms with E-state index in [1.54, 1.807) is 7.05 Å². The van der Waals surface area contributed by atoms with Gasteiger partial charge in [-0.15, -0.1) is 0 Å². The largest absolute Gasteiger partial charge is 0.490 e. The van der Waals surface area contributed by atoms with Crippen molar-refractivity contribution < 1.29 is 13.5 Å². The van der Waals surface area contributed by atoms with Crippen molar-refractivity contribution >= 4 is 5.96 Å². The van der Waals surface area contributed by atoms with Crippen molar-refractivity contribution in [3.8, 4) is 5.75 Å². The molecule has 0 saturated carbocycles. The molecule has 0 spiro atoms. The first-order valence-corrected chi connectivity index (χ1v) is 8.95. The summed E-state index contributed by atoms with van der Waals surface area (Å²) in [6.45, 7) is 4.15. The summed E-state index contributed by atoms with van der Waals surface area (Å²) in [5.41, 5.74) is 2.12. The summed E-state index contributed by atoms with van der Waals surface area (Å²) in [5, 5.41) is 6.18. The number of guanidine groups is 1. The Bertz CT molecular complexity index is 760. The number of aromatic nitrogens is 2. The lowest BCUT2D eigenvalue weighted by Crippen LogP contribution is -2.37. The first-order chi connectivity index (χ1) is 12.9. The summed E-state index contributed by atoms with van der Waals surface area (Å²) in [5.74, 6) is 1.57. The molecule has 0 aliphatic rings. The number of hydrogen-bond acceptors (Lipinski definition) is 3. The van der Waals surface area contributed by atoms with Crippen LogP contribution in [0.25, 0.3) is 0 Å². The van der Waals surface area contributed by atoms with Gasteiger partial charge in [0.15, 0.2) is 5.96 Å². The summed E-state index contributed by atoms with van der Waals surface area (Å²) in [4.78, 5) is 8.08. The zero-order valence-electron chi connectivity index (χ0n) is 16.2. The van der Waals surface area contributed by atoms with E-state index in [0.717, 1.165) is 27.9 Å². The molecule has 1 unspecified atom stereocenters. The van der Waals surface area contributed by atoms with Gasteiger partial charge in [0, 0.05) is 31.5 Å². The molecule has 0 aliphatic carbocycles. The fourth-order valence-corrected chi connectivity index (χ4v) is 2.44. The number of aryl methyl sites for hydroxylation is 1. The summed E-state index contributed by atoms with van der Waals surface area (Å²) >= 11 is 0. The van der Waals surface area contributed by atoms with E-state index in [1.165, 1.54) is 12.4 Å². The third-order valence-corrected chi connectivity index (χ3v) is 4.17. The number of rotatable bonds is 8. The predicted molar refractivity (Wildman–Crippen MR) is 102 cm³/mol. The van der Waals surface area contributed by atoms with Crippen LogP contribution in [-0.4, -0.2) is 28.7 Å². The van der Waals surface area contributed by atoms with Crippen LogP contribution in [0.5, 0.6) is 5.75 Å². The zero-order chi connectivity index (χ0) is 19.8. The predicted octanol–water partition coefficient (Wildman–Crippen LogP) is 3.63. The first-order valence-electron chi connectivity index (χ1n) is 8.95. The highest BCUT2D eigenvalue weighted by atomic mass is 19.3. The molecule has 1 heterocycles. The van der Waals surface area contributed by atoms with Crippen molar-refractivity contribution in [1.82, 2.24) is 20.2 Å². The molecule has 27 heavy (non-hydrogen) atoms. The fraction of sp³-hybridized carbons (Fsp3) is 0.474. The molecule has 0 radical (unpaired) electrons. The molecular formula is C19H27F2N5O.